The van der Waals surface area contributed by atoms with Crippen molar-refractivity contribution in [3.05, 3.63) is 11.9 Å². The highest BCUT2D eigenvalue weighted by Crippen LogP contribution is 2.13. The maximum absolute atomic E-state index is 4.26. The Morgan fingerprint density at radius 3 is 2.72 bits per heavy atom. The van der Waals surface area contributed by atoms with Crippen molar-refractivity contribution < 1.29 is 0 Å². The van der Waals surface area contributed by atoms with Gasteiger partial charge in [0, 0.05) is 32.2 Å². The van der Waals surface area contributed by atoms with E-state index in [9.17, 15) is 0 Å². The Bertz CT molecular complexity index is 371. The van der Waals surface area contributed by atoms with Gasteiger partial charge in [-0.3, -0.25) is 4.90 Å². The number of piperazine rings is 1. The van der Waals surface area contributed by atoms with E-state index in [4.69, 9.17) is 0 Å². The van der Waals surface area contributed by atoms with Crippen molar-refractivity contribution in [2.45, 2.75) is 45.8 Å². The van der Waals surface area contributed by atoms with Gasteiger partial charge in [-0.2, -0.15) is 0 Å². The average molecular weight is 274 g/mol. The van der Waals surface area contributed by atoms with Crippen LogP contribution in [-0.2, 0) is 12.1 Å². The monoisotopic (exact) mass is 273 g/mol. The van der Waals surface area contributed by atoms with Crippen LogP contribution in [0.15, 0.2) is 6.20 Å². The van der Waals surface area contributed by atoms with Crippen LogP contribution in [-0.4, -0.2) is 45.6 Å². The lowest BCUT2D eigenvalue weighted by atomic mass is 10.1. The van der Waals surface area contributed by atoms with Gasteiger partial charge in [0.25, 0.3) is 0 Å². The summed E-state index contributed by atoms with van der Waals surface area (Å²) in [4.78, 5) is 2.45. The van der Waals surface area contributed by atoms with E-state index in [1.165, 1.54) is 0 Å². The van der Waals surface area contributed by atoms with Crippen molar-refractivity contribution in [2.75, 3.05) is 19.6 Å². The molecule has 1 aliphatic heterocycles. The zero-order valence-electron chi connectivity index (χ0n) is 11.7. The fourth-order valence-corrected chi connectivity index (χ4v) is 2.02. The Labute approximate surface area is 115 Å². The molecule has 104 valence electrons. The summed E-state index contributed by atoms with van der Waals surface area (Å²) in [6.45, 7) is 12.8. The van der Waals surface area contributed by atoms with Gasteiger partial charge in [-0.05, 0) is 27.7 Å². The first-order chi connectivity index (χ1) is 7.97. The first-order valence-electron chi connectivity index (χ1n) is 6.33. The van der Waals surface area contributed by atoms with E-state index in [0.29, 0.717) is 6.04 Å². The standard InChI is InChI=1S/C12H23N5.ClH/c1-10-7-13-5-6-16(10)8-11-9-17(15-14-11)12(2,3)4;/h9-10,13H,5-8H2,1-4H3;1H. The Morgan fingerprint density at radius 1 is 1.44 bits per heavy atom. The van der Waals surface area contributed by atoms with Gasteiger partial charge in [-0.15, -0.1) is 17.5 Å². The molecule has 0 radical (unpaired) electrons. The van der Waals surface area contributed by atoms with Crippen molar-refractivity contribution in [2.24, 2.45) is 0 Å². The Hall–Kier alpha value is -0.650. The summed E-state index contributed by atoms with van der Waals surface area (Å²) in [5.74, 6) is 0. The maximum atomic E-state index is 4.26. The first-order valence-corrected chi connectivity index (χ1v) is 6.33. The molecule has 0 aliphatic carbocycles. The molecular formula is C12H24ClN5. The smallest absolute Gasteiger partial charge is 0.0967 e. The number of hydrogen-bond acceptors (Lipinski definition) is 4. The van der Waals surface area contributed by atoms with E-state index in [0.717, 1.165) is 31.9 Å². The summed E-state index contributed by atoms with van der Waals surface area (Å²) in [5, 5.41) is 11.9. The molecule has 2 rings (SSSR count). The zero-order valence-corrected chi connectivity index (χ0v) is 12.5. The molecule has 1 atom stereocenters. The van der Waals surface area contributed by atoms with E-state index >= 15 is 0 Å². The molecular weight excluding hydrogens is 250 g/mol. The molecule has 1 aromatic rings. The van der Waals surface area contributed by atoms with Gasteiger partial charge in [-0.25, -0.2) is 4.68 Å². The number of nitrogens with zero attached hydrogens (tertiary/aromatic N) is 4. The molecule has 1 fully saturated rings. The van der Waals surface area contributed by atoms with Crippen LogP contribution in [0.3, 0.4) is 0 Å². The molecule has 0 spiro atoms. The van der Waals surface area contributed by atoms with Crippen molar-refractivity contribution >= 4 is 12.4 Å². The predicted octanol–water partition coefficient (Wildman–Crippen LogP) is 1.25. The molecule has 0 bridgehead atoms. The van der Waals surface area contributed by atoms with Crippen molar-refractivity contribution in [1.82, 2.24) is 25.2 Å². The Kier molecular flexibility index (Phi) is 5.13. The lowest BCUT2D eigenvalue weighted by molar-refractivity contribution is 0.163. The average Bonchev–Trinajstić information content (AvgIpc) is 2.69. The van der Waals surface area contributed by atoms with Gasteiger partial charge >= 0.3 is 0 Å². The fraction of sp³-hybridized carbons (Fsp3) is 0.833. The zero-order chi connectivity index (χ0) is 12.5. The van der Waals surface area contributed by atoms with Gasteiger partial charge in [-0.1, -0.05) is 5.21 Å². The van der Waals surface area contributed by atoms with Gasteiger partial charge < -0.3 is 5.32 Å². The molecule has 0 aromatic carbocycles. The minimum Gasteiger partial charge on any atom is -0.314 e. The minimum atomic E-state index is 0. The lowest BCUT2D eigenvalue weighted by Crippen LogP contribution is -2.49. The van der Waals surface area contributed by atoms with Gasteiger partial charge in [0.05, 0.1) is 17.4 Å². The van der Waals surface area contributed by atoms with E-state index in [2.05, 4.69) is 54.4 Å². The van der Waals surface area contributed by atoms with Crippen LogP contribution in [0.2, 0.25) is 0 Å². The normalized spacial score (nSPS) is 21.7. The van der Waals surface area contributed by atoms with Crippen LogP contribution in [0.1, 0.15) is 33.4 Å². The molecule has 1 saturated heterocycles. The maximum Gasteiger partial charge on any atom is 0.0967 e. The van der Waals surface area contributed by atoms with Crippen LogP contribution in [0, 0.1) is 0 Å². The molecule has 18 heavy (non-hydrogen) atoms. The molecule has 1 N–H and O–H groups in total. The molecule has 5 nitrogen and oxygen atoms in total. The highest BCUT2D eigenvalue weighted by atomic mass is 35.5. The second-order valence-corrected chi connectivity index (χ2v) is 5.85. The molecule has 0 amide bonds. The highest BCUT2D eigenvalue weighted by Gasteiger charge is 2.20. The van der Waals surface area contributed by atoms with Gasteiger partial charge in [0.15, 0.2) is 0 Å². The molecule has 0 saturated carbocycles. The summed E-state index contributed by atoms with van der Waals surface area (Å²) in [6, 6.07) is 0.573. The second-order valence-electron chi connectivity index (χ2n) is 5.85. The number of halogens is 1. The van der Waals surface area contributed by atoms with Crippen LogP contribution in [0.4, 0.5) is 0 Å². The van der Waals surface area contributed by atoms with Crippen LogP contribution in [0.5, 0.6) is 0 Å². The van der Waals surface area contributed by atoms with Gasteiger partial charge in [0.1, 0.15) is 0 Å². The summed E-state index contributed by atoms with van der Waals surface area (Å²) in [6.07, 6.45) is 2.06. The van der Waals surface area contributed by atoms with Crippen LogP contribution in [0.25, 0.3) is 0 Å². The Morgan fingerprint density at radius 2 is 2.17 bits per heavy atom. The third-order valence-corrected chi connectivity index (χ3v) is 3.23. The molecule has 1 aromatic heterocycles. The fourth-order valence-electron chi connectivity index (χ4n) is 2.02. The van der Waals surface area contributed by atoms with E-state index in [1.807, 2.05) is 4.68 Å². The Balaban J connectivity index is 0.00000162. The van der Waals surface area contributed by atoms with Crippen LogP contribution >= 0.6 is 12.4 Å². The van der Waals surface area contributed by atoms with Crippen LogP contribution < -0.4 is 5.32 Å². The van der Waals surface area contributed by atoms with Crippen molar-refractivity contribution in [1.29, 1.82) is 0 Å². The SMILES string of the molecule is CC1CNCCN1Cc1cn(C(C)(C)C)nn1.Cl. The van der Waals surface area contributed by atoms with E-state index in [1.54, 1.807) is 0 Å². The second kappa shape index (κ2) is 5.99. The summed E-state index contributed by atoms with van der Waals surface area (Å²) in [7, 11) is 0. The number of aromatic nitrogens is 3. The number of hydrogen-bond donors (Lipinski definition) is 1. The van der Waals surface area contributed by atoms with Gasteiger partial charge in [0.2, 0.25) is 0 Å². The first kappa shape index (κ1) is 15.4. The third-order valence-electron chi connectivity index (χ3n) is 3.23. The number of rotatable bonds is 2. The topological polar surface area (TPSA) is 46.0 Å². The minimum absolute atomic E-state index is 0. The van der Waals surface area contributed by atoms with Crippen molar-refractivity contribution in [3.8, 4) is 0 Å². The molecule has 1 aliphatic rings. The van der Waals surface area contributed by atoms with E-state index < -0.39 is 0 Å². The summed E-state index contributed by atoms with van der Waals surface area (Å²) >= 11 is 0. The lowest BCUT2D eigenvalue weighted by Gasteiger charge is -2.33. The predicted molar refractivity (Wildman–Crippen MR) is 75.0 cm³/mol. The number of nitrogens with one attached hydrogen (secondary N) is 1. The largest absolute Gasteiger partial charge is 0.314 e. The summed E-state index contributed by atoms with van der Waals surface area (Å²) < 4.78 is 1.94. The quantitative estimate of drug-likeness (QED) is 0.881. The third kappa shape index (κ3) is 3.67. The summed E-state index contributed by atoms with van der Waals surface area (Å²) in [5.41, 5.74) is 1.08. The molecule has 6 heteroatoms. The highest BCUT2D eigenvalue weighted by molar-refractivity contribution is 5.85. The van der Waals surface area contributed by atoms with Crippen molar-refractivity contribution in [3.63, 3.8) is 0 Å². The van der Waals surface area contributed by atoms with E-state index in [-0.39, 0.29) is 17.9 Å². The molecule has 1 unspecified atom stereocenters. The molecule has 2 heterocycles.